The first kappa shape index (κ1) is 16.9. The highest BCUT2D eigenvalue weighted by Gasteiger charge is 2.07. The van der Waals surface area contributed by atoms with Crippen LogP contribution in [-0.2, 0) is 14.3 Å². The third-order valence-electron chi connectivity index (χ3n) is 3.01. The number of carbonyl (C=O) groups excluding carboxylic acids is 3. The molecule has 0 heterocycles. The Bertz CT molecular complexity index is 470. The van der Waals surface area contributed by atoms with Crippen molar-refractivity contribution in [2.24, 2.45) is 0 Å². The van der Waals surface area contributed by atoms with Crippen molar-refractivity contribution in [3.63, 3.8) is 0 Å². The molecule has 114 valence electrons. The van der Waals surface area contributed by atoms with Gasteiger partial charge in [0.15, 0.2) is 5.78 Å². The van der Waals surface area contributed by atoms with Crippen molar-refractivity contribution in [2.45, 2.75) is 32.1 Å². The number of methoxy groups -OCH3 is 1. The molecule has 1 N–H and O–H groups in total. The Labute approximate surface area is 124 Å². The summed E-state index contributed by atoms with van der Waals surface area (Å²) >= 11 is 0. The Morgan fingerprint density at radius 1 is 1.00 bits per heavy atom. The van der Waals surface area contributed by atoms with Crippen LogP contribution in [0.2, 0.25) is 0 Å². The number of hydrogen-bond acceptors (Lipinski definition) is 4. The number of ketones is 1. The number of rotatable bonds is 9. The number of hydrogen-bond donors (Lipinski definition) is 1. The summed E-state index contributed by atoms with van der Waals surface area (Å²) in [5.41, 5.74) is 0.677. The van der Waals surface area contributed by atoms with Crippen LogP contribution in [0.25, 0.3) is 0 Å². The number of benzene rings is 1. The first-order valence-electron chi connectivity index (χ1n) is 7.05. The van der Waals surface area contributed by atoms with E-state index in [0.717, 1.165) is 0 Å². The molecule has 1 aromatic rings. The fourth-order valence-electron chi connectivity index (χ4n) is 1.83. The fourth-order valence-corrected chi connectivity index (χ4v) is 1.83. The molecule has 0 aliphatic carbocycles. The highest BCUT2D eigenvalue weighted by atomic mass is 16.5. The fraction of sp³-hybridized carbons (Fsp3) is 0.438. The molecule has 5 heteroatoms. The Balaban J connectivity index is 2.11. The Morgan fingerprint density at radius 3 is 2.38 bits per heavy atom. The third kappa shape index (κ3) is 7.25. The van der Waals surface area contributed by atoms with E-state index in [1.165, 1.54) is 7.11 Å². The SMILES string of the molecule is COC(=O)CCCNC(=O)CCCC(=O)c1ccccc1. The molecule has 0 aromatic heterocycles. The average Bonchev–Trinajstić information content (AvgIpc) is 2.52. The van der Waals surface area contributed by atoms with Crippen molar-refractivity contribution < 1.29 is 19.1 Å². The van der Waals surface area contributed by atoms with Crippen LogP contribution < -0.4 is 5.32 Å². The van der Waals surface area contributed by atoms with Gasteiger partial charge in [0.1, 0.15) is 0 Å². The Kier molecular flexibility index (Phi) is 7.79. The van der Waals surface area contributed by atoms with Crippen LogP contribution in [0.1, 0.15) is 42.5 Å². The Hall–Kier alpha value is -2.17. The molecule has 1 aromatic carbocycles. The lowest BCUT2D eigenvalue weighted by atomic mass is 10.1. The molecular formula is C16H21NO4. The van der Waals surface area contributed by atoms with Crippen molar-refractivity contribution in [1.82, 2.24) is 5.32 Å². The molecular weight excluding hydrogens is 270 g/mol. The lowest BCUT2D eigenvalue weighted by Crippen LogP contribution is -2.24. The first-order valence-corrected chi connectivity index (χ1v) is 7.05. The van der Waals surface area contributed by atoms with Crippen LogP contribution in [0.4, 0.5) is 0 Å². The molecule has 21 heavy (non-hydrogen) atoms. The molecule has 0 bridgehead atoms. The number of amides is 1. The van der Waals surface area contributed by atoms with Crippen LogP contribution in [0.15, 0.2) is 30.3 Å². The van der Waals surface area contributed by atoms with Crippen molar-refractivity contribution >= 4 is 17.7 Å². The molecule has 0 aliphatic rings. The van der Waals surface area contributed by atoms with Gasteiger partial charge < -0.3 is 10.1 Å². The summed E-state index contributed by atoms with van der Waals surface area (Å²) in [4.78, 5) is 34.2. The monoisotopic (exact) mass is 291 g/mol. The average molecular weight is 291 g/mol. The molecule has 0 radical (unpaired) electrons. The summed E-state index contributed by atoms with van der Waals surface area (Å²) in [6.07, 6.45) is 2.05. The predicted octanol–water partition coefficient (Wildman–Crippen LogP) is 2.11. The summed E-state index contributed by atoms with van der Waals surface area (Å²) in [5.74, 6) is -0.326. The van der Waals surface area contributed by atoms with Gasteiger partial charge in [-0.15, -0.1) is 0 Å². The number of nitrogens with one attached hydrogen (secondary N) is 1. The maximum absolute atomic E-state index is 11.8. The maximum Gasteiger partial charge on any atom is 0.305 e. The van der Waals surface area contributed by atoms with Crippen LogP contribution in [0.5, 0.6) is 0 Å². The summed E-state index contributed by atoms with van der Waals surface area (Å²) in [7, 11) is 1.34. The lowest BCUT2D eigenvalue weighted by Gasteiger charge is -2.04. The van der Waals surface area contributed by atoms with Crippen molar-refractivity contribution in [2.75, 3.05) is 13.7 Å². The number of Topliss-reactive ketones (excluding diaryl/α,β-unsaturated/α-hetero) is 1. The second-order valence-electron chi connectivity index (χ2n) is 4.67. The van der Waals surface area contributed by atoms with Gasteiger partial charge in [-0.25, -0.2) is 0 Å². The highest BCUT2D eigenvalue weighted by Crippen LogP contribution is 2.06. The Morgan fingerprint density at radius 2 is 1.71 bits per heavy atom. The van der Waals surface area contributed by atoms with E-state index in [4.69, 9.17) is 0 Å². The third-order valence-corrected chi connectivity index (χ3v) is 3.01. The topological polar surface area (TPSA) is 72.5 Å². The van der Waals surface area contributed by atoms with Gasteiger partial charge in [0.2, 0.25) is 5.91 Å². The normalized spacial score (nSPS) is 9.95. The zero-order valence-corrected chi connectivity index (χ0v) is 12.3. The van der Waals surface area contributed by atoms with E-state index in [9.17, 15) is 14.4 Å². The molecule has 0 saturated heterocycles. The number of ether oxygens (including phenoxy) is 1. The van der Waals surface area contributed by atoms with E-state index in [0.29, 0.717) is 44.2 Å². The largest absolute Gasteiger partial charge is 0.469 e. The minimum atomic E-state index is -0.280. The van der Waals surface area contributed by atoms with Gasteiger partial charge in [0.05, 0.1) is 7.11 Å². The van der Waals surface area contributed by atoms with Gasteiger partial charge in [-0.3, -0.25) is 14.4 Å². The van der Waals surface area contributed by atoms with Crippen molar-refractivity contribution in [1.29, 1.82) is 0 Å². The second kappa shape index (κ2) is 9.69. The molecule has 0 aliphatic heterocycles. The molecule has 1 rings (SSSR count). The van der Waals surface area contributed by atoms with Crippen LogP contribution in [0.3, 0.4) is 0 Å². The van der Waals surface area contributed by atoms with Gasteiger partial charge in [0.25, 0.3) is 0 Å². The first-order chi connectivity index (χ1) is 10.1. The second-order valence-corrected chi connectivity index (χ2v) is 4.67. The number of esters is 1. The minimum Gasteiger partial charge on any atom is -0.469 e. The smallest absolute Gasteiger partial charge is 0.305 e. The molecule has 0 spiro atoms. The number of carbonyl (C=O) groups is 3. The van der Waals surface area contributed by atoms with E-state index in [1.54, 1.807) is 12.1 Å². The molecule has 0 fully saturated rings. The maximum atomic E-state index is 11.8. The summed E-state index contributed by atoms with van der Waals surface area (Å²) < 4.78 is 4.50. The van der Waals surface area contributed by atoms with E-state index >= 15 is 0 Å². The van der Waals surface area contributed by atoms with Crippen LogP contribution >= 0.6 is 0 Å². The van der Waals surface area contributed by atoms with Crippen LogP contribution in [0, 0.1) is 0 Å². The van der Waals surface area contributed by atoms with Crippen molar-refractivity contribution in [3.05, 3.63) is 35.9 Å². The van der Waals surface area contributed by atoms with Gasteiger partial charge in [-0.2, -0.15) is 0 Å². The molecule has 0 saturated carbocycles. The molecule has 1 amide bonds. The van der Waals surface area contributed by atoms with Crippen molar-refractivity contribution in [3.8, 4) is 0 Å². The quantitative estimate of drug-likeness (QED) is 0.429. The van der Waals surface area contributed by atoms with Gasteiger partial charge in [-0.05, 0) is 12.8 Å². The summed E-state index contributed by atoms with van der Waals surface area (Å²) in [6, 6.07) is 9.05. The highest BCUT2D eigenvalue weighted by molar-refractivity contribution is 5.96. The molecule has 0 atom stereocenters. The van der Waals surface area contributed by atoms with E-state index in [2.05, 4.69) is 10.1 Å². The summed E-state index contributed by atoms with van der Waals surface area (Å²) in [6.45, 7) is 0.445. The van der Waals surface area contributed by atoms with Gasteiger partial charge in [-0.1, -0.05) is 30.3 Å². The van der Waals surface area contributed by atoms with E-state index in [-0.39, 0.29) is 17.7 Å². The van der Waals surface area contributed by atoms with E-state index < -0.39 is 0 Å². The van der Waals surface area contributed by atoms with Gasteiger partial charge in [0, 0.05) is 31.4 Å². The standard InChI is InChI=1S/C16H21NO4/c1-21-16(20)11-6-12-17-15(19)10-5-9-14(18)13-7-3-2-4-8-13/h2-4,7-8H,5-6,9-12H2,1H3,(H,17,19). The molecule has 5 nitrogen and oxygen atoms in total. The summed E-state index contributed by atoms with van der Waals surface area (Å²) in [5, 5.41) is 2.72. The van der Waals surface area contributed by atoms with E-state index in [1.807, 2.05) is 18.2 Å². The zero-order chi connectivity index (χ0) is 15.5. The lowest BCUT2D eigenvalue weighted by molar-refractivity contribution is -0.140. The molecule has 0 unspecified atom stereocenters. The minimum absolute atomic E-state index is 0.0501. The predicted molar refractivity (Wildman–Crippen MR) is 78.9 cm³/mol. The van der Waals surface area contributed by atoms with Crippen LogP contribution in [-0.4, -0.2) is 31.3 Å². The van der Waals surface area contributed by atoms with Gasteiger partial charge >= 0.3 is 5.97 Å². The zero-order valence-electron chi connectivity index (χ0n) is 12.3.